The van der Waals surface area contributed by atoms with Crippen LogP contribution in [0.4, 0.5) is 0 Å². The topological polar surface area (TPSA) is 24.5 Å². The molecule has 2 rings (SSSR count). The second kappa shape index (κ2) is 6.66. The zero-order valence-corrected chi connectivity index (χ0v) is 12.4. The number of hydrogen-bond donors (Lipinski definition) is 1. The Bertz CT molecular complexity index is 340. The van der Waals surface area contributed by atoms with Gasteiger partial charge in [-0.3, -0.25) is 4.90 Å². The Labute approximate surface area is 114 Å². The molecule has 0 aliphatic carbocycles. The molecule has 2 atom stereocenters. The van der Waals surface area contributed by atoms with Crippen LogP contribution in [0.25, 0.3) is 0 Å². The molecular formula is C14H24N2OS. The van der Waals surface area contributed by atoms with Gasteiger partial charge in [0.25, 0.3) is 0 Å². The molecule has 1 aliphatic heterocycles. The normalized spacial score (nSPS) is 23.4. The first-order chi connectivity index (χ1) is 8.66. The van der Waals surface area contributed by atoms with Gasteiger partial charge >= 0.3 is 0 Å². The SMILES string of the molecule is CC(C)NCC(c1cccs1)N1CCOC(C)C1. The first kappa shape index (κ1) is 14.0. The molecule has 18 heavy (non-hydrogen) atoms. The Morgan fingerprint density at radius 1 is 1.56 bits per heavy atom. The maximum atomic E-state index is 5.64. The minimum Gasteiger partial charge on any atom is -0.376 e. The van der Waals surface area contributed by atoms with Crippen molar-refractivity contribution in [1.29, 1.82) is 0 Å². The summed E-state index contributed by atoms with van der Waals surface area (Å²) in [5.74, 6) is 0. The molecule has 0 aromatic carbocycles. The second-order valence-electron chi connectivity index (χ2n) is 5.27. The van der Waals surface area contributed by atoms with Gasteiger partial charge in [-0.15, -0.1) is 11.3 Å². The zero-order chi connectivity index (χ0) is 13.0. The average Bonchev–Trinajstić information content (AvgIpc) is 2.83. The van der Waals surface area contributed by atoms with Gasteiger partial charge in [0.15, 0.2) is 0 Å². The molecular weight excluding hydrogens is 244 g/mol. The molecule has 1 aromatic rings. The van der Waals surface area contributed by atoms with Crippen LogP contribution in [0.15, 0.2) is 17.5 Å². The van der Waals surface area contributed by atoms with Crippen molar-refractivity contribution in [3.05, 3.63) is 22.4 Å². The van der Waals surface area contributed by atoms with E-state index in [1.807, 2.05) is 11.3 Å². The maximum absolute atomic E-state index is 5.64. The van der Waals surface area contributed by atoms with Gasteiger partial charge in [0.05, 0.1) is 18.8 Å². The Balaban J connectivity index is 2.03. The Morgan fingerprint density at radius 3 is 3.00 bits per heavy atom. The lowest BCUT2D eigenvalue weighted by molar-refractivity contribution is -0.0341. The fraction of sp³-hybridized carbons (Fsp3) is 0.714. The van der Waals surface area contributed by atoms with Crippen LogP contribution in [0.5, 0.6) is 0 Å². The van der Waals surface area contributed by atoms with Gasteiger partial charge in [-0.25, -0.2) is 0 Å². The smallest absolute Gasteiger partial charge is 0.0674 e. The van der Waals surface area contributed by atoms with E-state index in [-0.39, 0.29) is 0 Å². The highest BCUT2D eigenvalue weighted by molar-refractivity contribution is 7.10. The first-order valence-corrected chi connectivity index (χ1v) is 7.67. The van der Waals surface area contributed by atoms with Crippen molar-refractivity contribution in [2.24, 2.45) is 0 Å². The van der Waals surface area contributed by atoms with Gasteiger partial charge in [-0.05, 0) is 18.4 Å². The minimum atomic E-state index is 0.347. The number of thiophene rings is 1. The van der Waals surface area contributed by atoms with Crippen LogP contribution in [-0.4, -0.2) is 43.3 Å². The molecule has 102 valence electrons. The Hall–Kier alpha value is -0.420. The van der Waals surface area contributed by atoms with E-state index in [0.29, 0.717) is 18.2 Å². The van der Waals surface area contributed by atoms with E-state index in [4.69, 9.17) is 4.74 Å². The predicted molar refractivity (Wildman–Crippen MR) is 77.2 cm³/mol. The molecule has 3 nitrogen and oxygen atoms in total. The van der Waals surface area contributed by atoms with Crippen molar-refractivity contribution in [1.82, 2.24) is 10.2 Å². The lowest BCUT2D eigenvalue weighted by Crippen LogP contribution is -2.46. The number of nitrogens with zero attached hydrogens (tertiary/aromatic N) is 1. The van der Waals surface area contributed by atoms with Gasteiger partial charge < -0.3 is 10.1 Å². The zero-order valence-electron chi connectivity index (χ0n) is 11.6. The van der Waals surface area contributed by atoms with E-state index in [2.05, 4.69) is 48.5 Å². The molecule has 0 saturated carbocycles. The number of ether oxygens (including phenoxy) is 1. The van der Waals surface area contributed by atoms with Gasteiger partial charge in [0.1, 0.15) is 0 Å². The number of hydrogen-bond acceptors (Lipinski definition) is 4. The van der Waals surface area contributed by atoms with Crippen molar-refractivity contribution in [3.8, 4) is 0 Å². The van der Waals surface area contributed by atoms with E-state index in [1.165, 1.54) is 4.88 Å². The quantitative estimate of drug-likeness (QED) is 0.888. The van der Waals surface area contributed by atoms with Gasteiger partial charge in [0, 0.05) is 30.6 Å². The fourth-order valence-electron chi connectivity index (χ4n) is 2.37. The van der Waals surface area contributed by atoms with Gasteiger partial charge in [-0.1, -0.05) is 19.9 Å². The summed E-state index contributed by atoms with van der Waals surface area (Å²) < 4.78 is 5.64. The van der Waals surface area contributed by atoms with Crippen molar-refractivity contribution in [2.75, 3.05) is 26.2 Å². The van der Waals surface area contributed by atoms with Crippen LogP contribution in [0, 0.1) is 0 Å². The summed E-state index contributed by atoms with van der Waals surface area (Å²) in [5, 5.41) is 5.74. The highest BCUT2D eigenvalue weighted by atomic mass is 32.1. The summed E-state index contributed by atoms with van der Waals surface area (Å²) in [5.41, 5.74) is 0. The van der Waals surface area contributed by atoms with E-state index in [0.717, 1.165) is 26.2 Å². The Morgan fingerprint density at radius 2 is 2.39 bits per heavy atom. The van der Waals surface area contributed by atoms with Crippen LogP contribution in [0.1, 0.15) is 31.7 Å². The van der Waals surface area contributed by atoms with Crippen LogP contribution < -0.4 is 5.32 Å². The van der Waals surface area contributed by atoms with E-state index in [1.54, 1.807) is 0 Å². The lowest BCUT2D eigenvalue weighted by atomic mass is 10.1. The molecule has 0 spiro atoms. The molecule has 0 amide bonds. The molecule has 1 saturated heterocycles. The second-order valence-corrected chi connectivity index (χ2v) is 6.25. The molecule has 1 aliphatic rings. The summed E-state index contributed by atoms with van der Waals surface area (Å²) in [6, 6.07) is 5.41. The van der Waals surface area contributed by atoms with Crippen LogP contribution in [-0.2, 0) is 4.74 Å². The van der Waals surface area contributed by atoms with Crippen molar-refractivity contribution in [2.45, 2.75) is 39.0 Å². The lowest BCUT2D eigenvalue weighted by Gasteiger charge is -2.37. The van der Waals surface area contributed by atoms with Gasteiger partial charge in [0.2, 0.25) is 0 Å². The number of rotatable bonds is 5. The van der Waals surface area contributed by atoms with Crippen molar-refractivity contribution in [3.63, 3.8) is 0 Å². The van der Waals surface area contributed by atoms with Crippen molar-refractivity contribution >= 4 is 11.3 Å². The Kier molecular flexibility index (Phi) is 5.18. The third-order valence-corrected chi connectivity index (χ3v) is 4.28. The summed E-state index contributed by atoms with van der Waals surface area (Å²) in [7, 11) is 0. The summed E-state index contributed by atoms with van der Waals surface area (Å²) in [6.45, 7) is 10.5. The third-order valence-electron chi connectivity index (χ3n) is 3.30. The molecule has 2 unspecified atom stereocenters. The summed E-state index contributed by atoms with van der Waals surface area (Å²) in [4.78, 5) is 4.01. The van der Waals surface area contributed by atoms with Crippen LogP contribution >= 0.6 is 11.3 Å². The minimum absolute atomic E-state index is 0.347. The van der Waals surface area contributed by atoms with E-state index >= 15 is 0 Å². The predicted octanol–water partition coefficient (Wildman–Crippen LogP) is 2.51. The average molecular weight is 268 g/mol. The number of nitrogens with one attached hydrogen (secondary N) is 1. The van der Waals surface area contributed by atoms with Crippen LogP contribution in [0.2, 0.25) is 0 Å². The van der Waals surface area contributed by atoms with E-state index in [9.17, 15) is 0 Å². The third kappa shape index (κ3) is 3.79. The monoisotopic (exact) mass is 268 g/mol. The summed E-state index contributed by atoms with van der Waals surface area (Å²) >= 11 is 1.86. The standard InChI is InChI=1S/C14H24N2OS/c1-11(2)15-9-13(14-5-4-8-18-14)16-6-7-17-12(3)10-16/h4-5,8,11-13,15H,6-7,9-10H2,1-3H3. The maximum Gasteiger partial charge on any atom is 0.0674 e. The van der Waals surface area contributed by atoms with Gasteiger partial charge in [-0.2, -0.15) is 0 Å². The fourth-order valence-corrected chi connectivity index (χ4v) is 3.23. The first-order valence-electron chi connectivity index (χ1n) is 6.79. The molecule has 0 bridgehead atoms. The van der Waals surface area contributed by atoms with E-state index < -0.39 is 0 Å². The largest absolute Gasteiger partial charge is 0.376 e. The summed E-state index contributed by atoms with van der Waals surface area (Å²) in [6.07, 6.45) is 0.347. The number of morpholine rings is 1. The highest BCUT2D eigenvalue weighted by Gasteiger charge is 2.26. The van der Waals surface area contributed by atoms with Crippen molar-refractivity contribution < 1.29 is 4.74 Å². The molecule has 1 aromatic heterocycles. The molecule has 0 radical (unpaired) electrons. The van der Waals surface area contributed by atoms with Crippen LogP contribution in [0.3, 0.4) is 0 Å². The highest BCUT2D eigenvalue weighted by Crippen LogP contribution is 2.26. The molecule has 1 fully saturated rings. The molecule has 1 N–H and O–H groups in total. The molecule has 2 heterocycles. The molecule has 4 heteroatoms.